The zero-order valence-electron chi connectivity index (χ0n) is 4.62. The summed E-state index contributed by atoms with van der Waals surface area (Å²) in [7, 11) is 0. The van der Waals surface area contributed by atoms with Crippen LogP contribution in [0.15, 0.2) is 25.3 Å². The van der Waals surface area contributed by atoms with Crippen molar-refractivity contribution < 1.29 is 33.0 Å². The van der Waals surface area contributed by atoms with E-state index in [1.54, 1.807) is 0 Å². The van der Waals surface area contributed by atoms with Gasteiger partial charge >= 0.3 is 0 Å². The van der Waals surface area contributed by atoms with E-state index in [-0.39, 0.29) is 33.0 Å². The number of hydrogen-bond donors (Lipinski definition) is 0. The molecule has 8 heavy (non-hydrogen) atoms. The average molecular weight is 200 g/mol. The van der Waals surface area contributed by atoms with E-state index < -0.39 is 0 Å². The van der Waals surface area contributed by atoms with Gasteiger partial charge < -0.3 is 0 Å². The van der Waals surface area contributed by atoms with Gasteiger partial charge in [0.05, 0.1) is 0 Å². The standard InChI is InChI=1S/2C3H5.2Ni/c2*1-3-2;;/h2*3H,1-2H2;;/q2*-1;;. The summed E-state index contributed by atoms with van der Waals surface area (Å²) in [5.41, 5.74) is 0. The minimum atomic E-state index is 0. The third-order valence-electron chi connectivity index (χ3n) is 0. The van der Waals surface area contributed by atoms with Gasteiger partial charge in [-0.1, -0.05) is 0 Å². The second-order valence-corrected chi connectivity index (χ2v) is 0.577. The van der Waals surface area contributed by atoms with Gasteiger partial charge in [-0.2, -0.15) is 0 Å². The molecule has 0 nitrogen and oxygen atoms in total. The van der Waals surface area contributed by atoms with Crippen LogP contribution in [0.2, 0.25) is 0 Å². The summed E-state index contributed by atoms with van der Waals surface area (Å²) in [5, 5.41) is 0. The molecule has 0 heterocycles. The summed E-state index contributed by atoms with van der Waals surface area (Å²) in [6.45, 7) is 13.0. The number of allylic oxidation sites excluding steroid dienone is 2. The van der Waals surface area contributed by atoms with E-state index in [4.69, 9.17) is 0 Å². The van der Waals surface area contributed by atoms with Crippen LogP contribution in [0.25, 0.3) is 0 Å². The summed E-state index contributed by atoms with van der Waals surface area (Å²) in [6, 6.07) is 0. The Morgan fingerprint density at radius 1 is 0.875 bits per heavy atom. The molecule has 0 saturated carbocycles. The quantitative estimate of drug-likeness (QED) is 0.414. The average Bonchev–Trinajstić information content (AvgIpc) is 1.39. The predicted molar refractivity (Wildman–Crippen MR) is 31.1 cm³/mol. The molecule has 0 radical (unpaired) electrons. The Bertz CT molecular complexity index is 27.5. The molecule has 0 aromatic rings. The molecule has 0 saturated heterocycles. The van der Waals surface area contributed by atoms with E-state index in [0.29, 0.717) is 0 Å². The molecular formula is C6H10Ni2-2. The van der Waals surface area contributed by atoms with Crippen LogP contribution in [0.5, 0.6) is 0 Å². The van der Waals surface area contributed by atoms with Crippen LogP contribution in [0.1, 0.15) is 0 Å². The Kier molecular flexibility index (Phi) is 172. The van der Waals surface area contributed by atoms with Crippen molar-refractivity contribution in [1.29, 1.82) is 0 Å². The molecule has 0 N–H and O–H groups in total. The normalized spacial score (nSPS) is 3.00. The van der Waals surface area contributed by atoms with Crippen LogP contribution in [-0.2, 0) is 33.0 Å². The van der Waals surface area contributed by atoms with Gasteiger partial charge in [-0.3, -0.25) is 0 Å². The molecule has 0 rings (SSSR count). The topological polar surface area (TPSA) is 0 Å². The van der Waals surface area contributed by atoms with Crippen LogP contribution in [-0.4, -0.2) is 0 Å². The van der Waals surface area contributed by atoms with Crippen molar-refractivity contribution in [3.8, 4) is 0 Å². The van der Waals surface area contributed by atoms with Gasteiger partial charge in [0, 0.05) is 33.0 Å². The van der Waals surface area contributed by atoms with Gasteiger partial charge in [-0.05, 0) is 0 Å². The maximum Gasteiger partial charge on any atom is 0 e. The predicted octanol–water partition coefficient (Wildman–Crippen LogP) is 2.01. The molecule has 56 valence electrons. The van der Waals surface area contributed by atoms with Crippen LogP contribution in [0, 0.1) is 13.8 Å². The first-order valence-corrected chi connectivity index (χ1v) is 1.63. The summed E-state index contributed by atoms with van der Waals surface area (Å²) in [5.74, 6) is 0. The van der Waals surface area contributed by atoms with Crippen molar-refractivity contribution >= 4 is 0 Å². The number of hydrogen-bond acceptors (Lipinski definition) is 0. The fraction of sp³-hybridized carbons (Fsp3) is 0. The fourth-order valence-corrected chi connectivity index (χ4v) is 0. The minimum Gasteiger partial charge on any atom is -0.245 e. The van der Waals surface area contributed by atoms with Crippen molar-refractivity contribution in [2.45, 2.75) is 0 Å². The third-order valence-corrected chi connectivity index (χ3v) is 0. The van der Waals surface area contributed by atoms with Gasteiger partial charge in [0.2, 0.25) is 0 Å². The summed E-state index contributed by atoms with van der Waals surface area (Å²) >= 11 is 0. The van der Waals surface area contributed by atoms with Crippen LogP contribution in [0.4, 0.5) is 0 Å². The molecule has 0 atom stereocenters. The largest absolute Gasteiger partial charge is 0.245 e. The van der Waals surface area contributed by atoms with Crippen molar-refractivity contribution in [1.82, 2.24) is 0 Å². The molecule has 0 aliphatic heterocycles. The molecule has 0 bridgehead atoms. The van der Waals surface area contributed by atoms with E-state index in [1.807, 2.05) is 0 Å². The zero-order valence-corrected chi connectivity index (χ0v) is 6.59. The Balaban J connectivity index is -0.0000000160. The molecule has 0 aromatic carbocycles. The molecule has 0 aliphatic rings. The van der Waals surface area contributed by atoms with Gasteiger partial charge in [-0.25, -0.2) is 39.2 Å². The van der Waals surface area contributed by atoms with Gasteiger partial charge in [-0.15, -0.1) is 0 Å². The Labute approximate surface area is 72.3 Å². The van der Waals surface area contributed by atoms with E-state index >= 15 is 0 Å². The SMILES string of the molecule is C=C[CH2-].C=C[CH2-].[Ni].[Ni]. The van der Waals surface area contributed by atoms with E-state index in [9.17, 15) is 0 Å². The first-order valence-electron chi connectivity index (χ1n) is 1.63. The van der Waals surface area contributed by atoms with Crippen molar-refractivity contribution in [3.05, 3.63) is 39.2 Å². The molecule has 0 spiro atoms. The maximum atomic E-state index is 3.25. The van der Waals surface area contributed by atoms with Crippen molar-refractivity contribution in [3.63, 3.8) is 0 Å². The van der Waals surface area contributed by atoms with Crippen LogP contribution in [0.3, 0.4) is 0 Å². The van der Waals surface area contributed by atoms with Gasteiger partial charge in [0.1, 0.15) is 0 Å². The Hall–Kier alpha value is 0.207. The molecule has 0 aromatic heterocycles. The van der Waals surface area contributed by atoms with Gasteiger partial charge in [0.25, 0.3) is 0 Å². The minimum absolute atomic E-state index is 0. The zero-order chi connectivity index (χ0) is 5.41. The second-order valence-electron chi connectivity index (χ2n) is 0.577. The summed E-state index contributed by atoms with van der Waals surface area (Å²) in [4.78, 5) is 0. The maximum absolute atomic E-state index is 3.25. The number of rotatable bonds is 0. The summed E-state index contributed by atoms with van der Waals surface area (Å²) < 4.78 is 0. The first kappa shape index (κ1) is 24.1. The summed E-state index contributed by atoms with van der Waals surface area (Å²) in [6.07, 6.45) is 3.00. The van der Waals surface area contributed by atoms with E-state index in [2.05, 4.69) is 27.0 Å². The van der Waals surface area contributed by atoms with E-state index in [1.165, 1.54) is 12.2 Å². The van der Waals surface area contributed by atoms with Crippen LogP contribution < -0.4 is 0 Å². The Morgan fingerprint density at radius 3 is 0.875 bits per heavy atom. The third kappa shape index (κ3) is 3930. The van der Waals surface area contributed by atoms with Crippen molar-refractivity contribution in [2.75, 3.05) is 0 Å². The molecule has 2 heteroatoms. The fourth-order valence-electron chi connectivity index (χ4n) is 0. The van der Waals surface area contributed by atoms with Crippen molar-refractivity contribution in [2.24, 2.45) is 0 Å². The molecule has 0 amide bonds. The molecule has 0 fully saturated rings. The monoisotopic (exact) mass is 198 g/mol. The molecule has 0 unspecified atom stereocenters. The Morgan fingerprint density at radius 2 is 0.875 bits per heavy atom. The molecule has 0 aliphatic carbocycles. The smallest absolute Gasteiger partial charge is 0 e. The van der Waals surface area contributed by atoms with Gasteiger partial charge in [0.15, 0.2) is 0 Å². The second kappa shape index (κ2) is 57.0. The first-order chi connectivity index (χ1) is 2.83. The van der Waals surface area contributed by atoms with Crippen LogP contribution >= 0.6 is 0 Å². The van der Waals surface area contributed by atoms with E-state index in [0.717, 1.165) is 0 Å². The molecular weight excluding hydrogens is 189 g/mol.